The van der Waals surface area contributed by atoms with E-state index < -0.39 is 30.3 Å². The van der Waals surface area contributed by atoms with Crippen molar-refractivity contribution in [2.45, 2.75) is 45.0 Å². The molecule has 1 atom stereocenters. The van der Waals surface area contributed by atoms with Gasteiger partial charge in [-0.05, 0) is 56.2 Å². The third kappa shape index (κ3) is 5.28. The molecule has 3 aromatic rings. The minimum atomic E-state index is -4.50. The third-order valence-corrected chi connectivity index (χ3v) is 4.40. The van der Waals surface area contributed by atoms with Gasteiger partial charge in [-0.25, -0.2) is 9.78 Å². The molecule has 3 rings (SSSR count). The summed E-state index contributed by atoms with van der Waals surface area (Å²) in [5.74, 6) is 0.0440. The molecule has 30 heavy (non-hydrogen) atoms. The van der Waals surface area contributed by atoms with Crippen LogP contribution < -0.4 is 0 Å². The lowest BCUT2D eigenvalue weighted by Crippen LogP contribution is -2.38. The number of H-pyrrole nitrogens is 1. The molecule has 1 aromatic carbocycles. The molecule has 0 aliphatic heterocycles. The zero-order valence-corrected chi connectivity index (χ0v) is 17.1. The summed E-state index contributed by atoms with van der Waals surface area (Å²) < 4.78 is 45.0. The van der Waals surface area contributed by atoms with Crippen LogP contribution in [-0.2, 0) is 4.74 Å². The van der Waals surface area contributed by atoms with Gasteiger partial charge in [-0.2, -0.15) is 13.2 Å². The molecule has 0 spiro atoms. The molecule has 1 N–H and O–H groups in total. The Morgan fingerprint density at radius 3 is 2.40 bits per heavy atom. The number of rotatable bonds is 4. The molecule has 0 aliphatic rings. The van der Waals surface area contributed by atoms with Crippen LogP contribution in [0.1, 0.15) is 39.1 Å². The zero-order chi connectivity index (χ0) is 22.1. The van der Waals surface area contributed by atoms with Gasteiger partial charge in [0.1, 0.15) is 17.5 Å². The van der Waals surface area contributed by atoms with E-state index >= 15 is 0 Å². The molecule has 2 heterocycles. The van der Waals surface area contributed by atoms with Gasteiger partial charge < -0.3 is 14.6 Å². The summed E-state index contributed by atoms with van der Waals surface area (Å²) in [5, 5.41) is 0. The van der Waals surface area contributed by atoms with Gasteiger partial charge in [-0.15, -0.1) is 0 Å². The van der Waals surface area contributed by atoms with Crippen molar-refractivity contribution >= 4 is 17.1 Å². The van der Waals surface area contributed by atoms with Crippen molar-refractivity contribution in [1.29, 1.82) is 0 Å². The number of hydrogen-bond acceptors (Lipinski definition) is 4. The smallest absolute Gasteiger partial charge is 0.410 e. The Hall–Kier alpha value is -3.10. The van der Waals surface area contributed by atoms with Crippen molar-refractivity contribution in [1.82, 2.24) is 19.9 Å². The number of amides is 1. The van der Waals surface area contributed by atoms with Crippen LogP contribution in [0.25, 0.3) is 22.2 Å². The summed E-state index contributed by atoms with van der Waals surface area (Å²) in [5.41, 5.74) is 2.03. The van der Waals surface area contributed by atoms with E-state index in [1.54, 1.807) is 45.3 Å². The lowest BCUT2D eigenvalue weighted by atomic mass is 10.1. The number of nitrogens with zero attached hydrogens (tertiary/aromatic N) is 3. The van der Waals surface area contributed by atoms with Crippen LogP contribution >= 0.6 is 0 Å². The molecule has 1 amide bonds. The second kappa shape index (κ2) is 7.97. The summed E-state index contributed by atoms with van der Waals surface area (Å²) in [6.45, 7) is 4.96. The predicted octanol–water partition coefficient (Wildman–Crippen LogP) is 5.49. The molecular weight excluding hydrogens is 397 g/mol. The predicted molar refractivity (Wildman–Crippen MR) is 107 cm³/mol. The fraction of sp³-hybridized carbons (Fsp3) is 0.381. The zero-order valence-electron chi connectivity index (χ0n) is 17.1. The molecule has 9 heteroatoms. The average molecular weight is 420 g/mol. The highest BCUT2D eigenvalue weighted by Gasteiger charge is 2.38. The highest BCUT2D eigenvalue weighted by atomic mass is 19.4. The van der Waals surface area contributed by atoms with E-state index in [9.17, 15) is 18.0 Å². The maximum atomic E-state index is 13.3. The number of carbonyl (C=O) groups excluding carboxylic acids is 1. The summed E-state index contributed by atoms with van der Waals surface area (Å²) >= 11 is 0. The lowest BCUT2D eigenvalue weighted by Gasteiger charge is -2.30. The number of halogens is 3. The van der Waals surface area contributed by atoms with Crippen LogP contribution in [0, 0.1) is 0 Å². The van der Waals surface area contributed by atoms with Gasteiger partial charge in [-0.1, -0.05) is 6.07 Å². The van der Waals surface area contributed by atoms with E-state index in [1.165, 1.54) is 7.05 Å². The molecule has 0 saturated heterocycles. The Morgan fingerprint density at radius 2 is 1.80 bits per heavy atom. The average Bonchev–Trinajstić information content (AvgIpc) is 3.07. The molecule has 0 aliphatic carbocycles. The van der Waals surface area contributed by atoms with E-state index in [0.29, 0.717) is 11.0 Å². The third-order valence-electron chi connectivity index (χ3n) is 4.40. The number of hydrogen-bond donors (Lipinski definition) is 1. The number of pyridine rings is 1. The first-order valence-electron chi connectivity index (χ1n) is 9.35. The van der Waals surface area contributed by atoms with Crippen LogP contribution in [0.15, 0.2) is 42.7 Å². The first-order valence-corrected chi connectivity index (χ1v) is 9.35. The van der Waals surface area contributed by atoms with Gasteiger partial charge in [0.2, 0.25) is 0 Å². The summed E-state index contributed by atoms with van der Waals surface area (Å²) in [4.78, 5) is 24.6. The van der Waals surface area contributed by atoms with E-state index in [0.717, 1.165) is 16.0 Å². The van der Waals surface area contributed by atoms with Crippen molar-refractivity contribution in [2.24, 2.45) is 0 Å². The minimum Gasteiger partial charge on any atom is -0.444 e. The van der Waals surface area contributed by atoms with Crippen molar-refractivity contribution in [3.05, 3.63) is 48.5 Å². The number of carbonyl (C=O) groups is 1. The number of alkyl halides is 3. The van der Waals surface area contributed by atoms with Crippen molar-refractivity contribution in [3.63, 3.8) is 0 Å². The van der Waals surface area contributed by atoms with E-state index in [1.807, 2.05) is 18.2 Å². The number of fused-ring (bicyclic) bond motifs is 1. The normalized spacial score (nSPS) is 13.3. The molecule has 160 valence electrons. The van der Waals surface area contributed by atoms with Crippen LogP contribution in [-0.4, -0.2) is 44.8 Å². The second-order valence-electron chi connectivity index (χ2n) is 8.02. The Kier molecular flexibility index (Phi) is 5.74. The Balaban J connectivity index is 1.97. The van der Waals surface area contributed by atoms with Gasteiger partial charge in [0.15, 0.2) is 0 Å². The maximum absolute atomic E-state index is 13.3. The van der Waals surface area contributed by atoms with Crippen LogP contribution in [0.5, 0.6) is 0 Å². The van der Waals surface area contributed by atoms with Gasteiger partial charge in [0.05, 0.1) is 17.5 Å². The van der Waals surface area contributed by atoms with Crippen LogP contribution in [0.3, 0.4) is 0 Å². The quantitative estimate of drug-likeness (QED) is 0.606. The van der Waals surface area contributed by atoms with Crippen molar-refractivity contribution in [3.8, 4) is 11.1 Å². The molecular formula is C21H23F3N4O2. The number of aromatic amines is 1. The Bertz CT molecular complexity index is 1030. The second-order valence-corrected chi connectivity index (χ2v) is 8.02. The first kappa shape index (κ1) is 21.6. The largest absolute Gasteiger partial charge is 0.444 e. The molecule has 0 fully saturated rings. The van der Waals surface area contributed by atoms with Gasteiger partial charge in [0, 0.05) is 19.4 Å². The summed E-state index contributed by atoms with van der Waals surface area (Å²) in [6.07, 6.45) is -3.28. The topological polar surface area (TPSA) is 71.1 Å². The van der Waals surface area contributed by atoms with Crippen molar-refractivity contribution < 1.29 is 22.7 Å². The minimum absolute atomic E-state index is 0.0440. The van der Waals surface area contributed by atoms with E-state index in [2.05, 4.69) is 15.0 Å². The number of imidazole rings is 1. The highest BCUT2D eigenvalue weighted by Crippen LogP contribution is 2.34. The summed E-state index contributed by atoms with van der Waals surface area (Å²) in [7, 11) is 1.28. The molecule has 0 radical (unpaired) electrons. The molecule has 6 nitrogen and oxygen atoms in total. The van der Waals surface area contributed by atoms with Gasteiger partial charge in [0.25, 0.3) is 0 Å². The number of benzene rings is 1. The monoisotopic (exact) mass is 420 g/mol. The Morgan fingerprint density at radius 1 is 1.13 bits per heavy atom. The number of nitrogens with one attached hydrogen (secondary N) is 1. The lowest BCUT2D eigenvalue weighted by molar-refractivity contribution is -0.146. The summed E-state index contributed by atoms with van der Waals surface area (Å²) in [6, 6.07) is 7.68. The van der Waals surface area contributed by atoms with Crippen LogP contribution in [0.2, 0.25) is 0 Å². The molecule has 1 unspecified atom stereocenters. The fourth-order valence-corrected chi connectivity index (χ4v) is 3.01. The number of ether oxygens (including phenoxy) is 1. The fourth-order valence-electron chi connectivity index (χ4n) is 3.01. The highest BCUT2D eigenvalue weighted by molar-refractivity contribution is 5.82. The van der Waals surface area contributed by atoms with E-state index in [4.69, 9.17) is 4.74 Å². The first-order chi connectivity index (χ1) is 13.9. The molecule has 0 saturated carbocycles. The molecule has 2 aromatic heterocycles. The number of aromatic nitrogens is 3. The van der Waals surface area contributed by atoms with Gasteiger partial charge >= 0.3 is 12.3 Å². The molecule has 0 bridgehead atoms. The SMILES string of the molecule is CN(C(=O)OC(C)(C)C)C(CC(F)(F)F)c1nc2ccc(-c3ccncc3)cc2[nH]1. The van der Waals surface area contributed by atoms with Gasteiger partial charge in [-0.3, -0.25) is 4.98 Å². The van der Waals surface area contributed by atoms with Crippen molar-refractivity contribution in [2.75, 3.05) is 7.05 Å². The van der Waals surface area contributed by atoms with Crippen LogP contribution in [0.4, 0.5) is 18.0 Å². The standard InChI is InChI=1S/C21H23F3N4O2/c1-20(2,3)30-19(29)28(4)17(12-21(22,23)24)18-26-15-6-5-14(11-16(15)27-18)13-7-9-25-10-8-13/h5-11,17H,12H2,1-4H3,(H,26,27). The maximum Gasteiger partial charge on any atom is 0.410 e. The Labute approximate surface area is 172 Å². The van der Waals surface area contributed by atoms with E-state index in [-0.39, 0.29) is 5.82 Å².